The number of aromatic amines is 2. The highest BCUT2D eigenvalue weighted by Gasteiger charge is 2.28. The molecular weight excluding hydrogens is 392 g/mol. The summed E-state index contributed by atoms with van der Waals surface area (Å²) in [6, 6.07) is 0. The maximum atomic E-state index is 12.3. The number of H-pyrrole nitrogens is 2. The van der Waals surface area contributed by atoms with E-state index >= 15 is 0 Å². The standard InChI is InChI=1S/C16H18N4O5S2/c1-7-3-4-8-9(5-7)27-13(11(8)15(23)25-2)17-10(21)6-26-14-12(22)18-16(24)20-19-14/h7H,3-6H2,1-2H3,(H,17,21)(H2,18,20,22,24). The summed E-state index contributed by atoms with van der Waals surface area (Å²) in [6.45, 7) is 2.16. The lowest BCUT2D eigenvalue weighted by Gasteiger charge is -2.18. The van der Waals surface area contributed by atoms with E-state index in [4.69, 9.17) is 4.74 Å². The van der Waals surface area contributed by atoms with Gasteiger partial charge in [0.2, 0.25) is 5.91 Å². The minimum absolute atomic E-state index is 0.0164. The second-order valence-electron chi connectivity index (χ2n) is 6.20. The zero-order valence-electron chi connectivity index (χ0n) is 14.7. The highest BCUT2D eigenvalue weighted by Crippen LogP contribution is 2.40. The number of thiophene rings is 1. The summed E-state index contributed by atoms with van der Waals surface area (Å²) in [7, 11) is 1.31. The van der Waals surface area contributed by atoms with Crippen LogP contribution in [0.5, 0.6) is 0 Å². The molecule has 0 saturated carbocycles. The van der Waals surface area contributed by atoms with E-state index in [0.717, 1.165) is 41.5 Å². The van der Waals surface area contributed by atoms with Gasteiger partial charge in [0.25, 0.3) is 5.56 Å². The lowest BCUT2D eigenvalue weighted by Crippen LogP contribution is -2.25. The van der Waals surface area contributed by atoms with Gasteiger partial charge in [0.05, 0.1) is 18.4 Å². The van der Waals surface area contributed by atoms with Crippen molar-refractivity contribution in [1.29, 1.82) is 0 Å². The lowest BCUT2D eigenvalue weighted by atomic mass is 9.88. The fourth-order valence-electron chi connectivity index (χ4n) is 2.89. The number of thioether (sulfide) groups is 1. The molecule has 144 valence electrons. The van der Waals surface area contributed by atoms with Crippen molar-refractivity contribution in [2.75, 3.05) is 18.2 Å². The Balaban J connectivity index is 1.76. The molecule has 0 bridgehead atoms. The van der Waals surface area contributed by atoms with Crippen LogP contribution in [0.4, 0.5) is 5.00 Å². The van der Waals surface area contributed by atoms with Crippen molar-refractivity contribution in [2.45, 2.75) is 31.2 Å². The van der Waals surface area contributed by atoms with Crippen LogP contribution >= 0.6 is 23.1 Å². The molecule has 2 aromatic heterocycles. The molecule has 0 saturated heterocycles. The minimum Gasteiger partial charge on any atom is -0.465 e. The van der Waals surface area contributed by atoms with E-state index in [1.165, 1.54) is 18.4 Å². The molecule has 3 N–H and O–H groups in total. The van der Waals surface area contributed by atoms with Gasteiger partial charge < -0.3 is 10.1 Å². The number of fused-ring (bicyclic) bond motifs is 1. The van der Waals surface area contributed by atoms with Crippen molar-refractivity contribution in [2.24, 2.45) is 5.92 Å². The molecule has 1 amide bonds. The Morgan fingerprint density at radius 3 is 2.89 bits per heavy atom. The molecule has 0 spiro atoms. The quantitative estimate of drug-likeness (QED) is 0.497. The van der Waals surface area contributed by atoms with Gasteiger partial charge in [-0.15, -0.1) is 11.3 Å². The first-order chi connectivity index (χ1) is 12.9. The van der Waals surface area contributed by atoms with Crippen LogP contribution in [0.1, 0.15) is 34.1 Å². The first-order valence-corrected chi connectivity index (χ1v) is 10.0. The number of carbonyl (C=O) groups excluding carboxylic acids is 2. The van der Waals surface area contributed by atoms with Gasteiger partial charge in [0.15, 0.2) is 5.03 Å². The number of amides is 1. The van der Waals surface area contributed by atoms with Crippen molar-refractivity contribution < 1.29 is 14.3 Å². The molecular formula is C16H18N4O5S2. The number of esters is 1. The molecule has 2 heterocycles. The summed E-state index contributed by atoms with van der Waals surface area (Å²) in [4.78, 5) is 50.2. The smallest absolute Gasteiger partial charge is 0.342 e. The topological polar surface area (TPSA) is 134 Å². The van der Waals surface area contributed by atoms with E-state index in [1.807, 2.05) is 4.98 Å². The Bertz CT molecular complexity index is 993. The Morgan fingerprint density at radius 1 is 1.41 bits per heavy atom. The largest absolute Gasteiger partial charge is 0.465 e. The Hall–Kier alpha value is -2.40. The molecule has 0 radical (unpaired) electrons. The van der Waals surface area contributed by atoms with E-state index < -0.39 is 17.2 Å². The number of nitrogens with zero attached hydrogens (tertiary/aromatic N) is 1. The van der Waals surface area contributed by atoms with Crippen LogP contribution in [0.25, 0.3) is 0 Å². The predicted octanol–water partition coefficient (Wildman–Crippen LogP) is 1.16. The van der Waals surface area contributed by atoms with Crippen molar-refractivity contribution in [1.82, 2.24) is 15.2 Å². The highest BCUT2D eigenvalue weighted by molar-refractivity contribution is 7.99. The number of aromatic nitrogens is 3. The Kier molecular flexibility index (Phi) is 5.80. The number of rotatable bonds is 5. The second-order valence-corrected chi connectivity index (χ2v) is 8.27. The molecule has 1 aliphatic rings. The molecule has 1 unspecified atom stereocenters. The summed E-state index contributed by atoms with van der Waals surface area (Å²) in [5, 5.41) is 8.91. The number of hydrogen-bond donors (Lipinski definition) is 3. The zero-order valence-corrected chi connectivity index (χ0v) is 16.3. The SMILES string of the molecule is COC(=O)c1c(NC(=O)CSc2n[nH]c(=O)[nH]c2=O)sc2c1CCC(C)C2. The van der Waals surface area contributed by atoms with Gasteiger partial charge in [0.1, 0.15) is 5.00 Å². The van der Waals surface area contributed by atoms with Crippen molar-refractivity contribution in [3.63, 3.8) is 0 Å². The maximum Gasteiger partial charge on any atom is 0.342 e. The van der Waals surface area contributed by atoms with Crippen LogP contribution in [0, 0.1) is 5.92 Å². The molecule has 1 atom stereocenters. The molecule has 0 fully saturated rings. The predicted molar refractivity (Wildman–Crippen MR) is 102 cm³/mol. The average molecular weight is 410 g/mol. The van der Waals surface area contributed by atoms with Gasteiger partial charge in [-0.3, -0.25) is 14.6 Å². The Morgan fingerprint density at radius 2 is 2.19 bits per heavy atom. The summed E-state index contributed by atoms with van der Waals surface area (Å²) in [5.41, 5.74) is -0.00305. The fourth-order valence-corrected chi connectivity index (χ4v) is 4.94. The first kappa shape index (κ1) is 19.4. The second kappa shape index (κ2) is 8.09. The van der Waals surface area contributed by atoms with E-state index in [2.05, 4.69) is 22.4 Å². The molecule has 1 aliphatic carbocycles. The van der Waals surface area contributed by atoms with E-state index in [0.29, 0.717) is 16.5 Å². The number of anilines is 1. The molecule has 0 aromatic carbocycles. The lowest BCUT2D eigenvalue weighted by molar-refractivity contribution is -0.113. The van der Waals surface area contributed by atoms with Gasteiger partial charge in [-0.25, -0.2) is 14.7 Å². The van der Waals surface area contributed by atoms with E-state index in [-0.39, 0.29) is 16.7 Å². The molecule has 9 nitrogen and oxygen atoms in total. The Labute approximate surface area is 161 Å². The molecule has 11 heteroatoms. The van der Waals surface area contributed by atoms with Crippen LogP contribution in [-0.4, -0.2) is 39.9 Å². The zero-order chi connectivity index (χ0) is 19.6. The number of nitrogens with one attached hydrogen (secondary N) is 3. The molecule has 2 aromatic rings. The summed E-state index contributed by atoms with van der Waals surface area (Å²) < 4.78 is 4.89. The first-order valence-electron chi connectivity index (χ1n) is 8.23. The summed E-state index contributed by atoms with van der Waals surface area (Å²) >= 11 is 2.28. The summed E-state index contributed by atoms with van der Waals surface area (Å²) in [5.74, 6) is -0.423. The third-order valence-corrected chi connectivity index (χ3v) is 6.30. The van der Waals surface area contributed by atoms with Gasteiger partial charge in [-0.05, 0) is 30.7 Å². The van der Waals surface area contributed by atoms with Gasteiger partial charge in [-0.2, -0.15) is 5.10 Å². The van der Waals surface area contributed by atoms with Crippen LogP contribution in [-0.2, 0) is 22.4 Å². The number of ether oxygens (including phenoxy) is 1. The van der Waals surface area contributed by atoms with Gasteiger partial charge in [0, 0.05) is 4.88 Å². The van der Waals surface area contributed by atoms with Crippen molar-refractivity contribution >= 4 is 40.0 Å². The third kappa shape index (κ3) is 4.30. The van der Waals surface area contributed by atoms with Gasteiger partial charge >= 0.3 is 11.7 Å². The normalized spacial score (nSPS) is 15.9. The number of hydrogen-bond acceptors (Lipinski definition) is 8. The van der Waals surface area contributed by atoms with Gasteiger partial charge in [-0.1, -0.05) is 18.7 Å². The molecule has 27 heavy (non-hydrogen) atoms. The molecule has 3 rings (SSSR count). The summed E-state index contributed by atoms with van der Waals surface area (Å²) in [6.07, 6.45) is 2.63. The van der Waals surface area contributed by atoms with E-state index in [1.54, 1.807) is 0 Å². The van der Waals surface area contributed by atoms with Crippen LogP contribution in [0.15, 0.2) is 14.6 Å². The van der Waals surface area contributed by atoms with E-state index in [9.17, 15) is 19.2 Å². The third-order valence-electron chi connectivity index (χ3n) is 4.17. The van der Waals surface area contributed by atoms with Crippen molar-refractivity contribution in [3.8, 4) is 0 Å². The average Bonchev–Trinajstić information content (AvgIpc) is 2.97. The minimum atomic E-state index is -0.713. The number of carbonyl (C=O) groups is 2. The van der Waals surface area contributed by atoms with Crippen molar-refractivity contribution in [3.05, 3.63) is 36.8 Å². The molecule has 0 aliphatic heterocycles. The van der Waals surface area contributed by atoms with Crippen LogP contribution in [0.2, 0.25) is 0 Å². The van der Waals surface area contributed by atoms with Crippen LogP contribution < -0.4 is 16.6 Å². The highest BCUT2D eigenvalue weighted by atomic mass is 32.2. The fraction of sp³-hybridized carbons (Fsp3) is 0.438. The number of methoxy groups -OCH3 is 1. The maximum absolute atomic E-state index is 12.3. The monoisotopic (exact) mass is 410 g/mol. The van der Waals surface area contributed by atoms with Crippen LogP contribution in [0.3, 0.4) is 0 Å².